The summed E-state index contributed by atoms with van der Waals surface area (Å²) in [5.74, 6) is 2.27. The Morgan fingerprint density at radius 1 is 1.37 bits per heavy atom. The first kappa shape index (κ1) is 14.4. The molecule has 4 nitrogen and oxygen atoms in total. The second kappa shape index (κ2) is 6.94. The van der Waals surface area contributed by atoms with E-state index in [0.717, 1.165) is 25.4 Å². The molecule has 2 unspecified atom stereocenters. The third kappa shape index (κ3) is 3.11. The standard InChI is InChI=1S/C15H27N3O/c1-4-16-10-12-8-6-7-9-13(12)15-14(19-3)11-17-18(15)5-2/h11-13,16H,4-10H2,1-3H3. The number of aryl methyl sites for hydroxylation is 1. The van der Waals surface area contributed by atoms with Gasteiger partial charge in [0, 0.05) is 12.5 Å². The van der Waals surface area contributed by atoms with Crippen molar-refractivity contribution < 1.29 is 4.74 Å². The Hall–Kier alpha value is -1.03. The summed E-state index contributed by atoms with van der Waals surface area (Å²) >= 11 is 0. The molecule has 0 aliphatic heterocycles. The van der Waals surface area contributed by atoms with Crippen LogP contribution < -0.4 is 10.1 Å². The number of ether oxygens (including phenoxy) is 1. The average Bonchev–Trinajstić information content (AvgIpc) is 2.88. The van der Waals surface area contributed by atoms with Gasteiger partial charge in [0.1, 0.15) is 0 Å². The number of hydrogen-bond donors (Lipinski definition) is 1. The molecule has 1 heterocycles. The van der Waals surface area contributed by atoms with Crippen LogP contribution in [0.2, 0.25) is 0 Å². The Morgan fingerprint density at radius 2 is 2.16 bits per heavy atom. The van der Waals surface area contributed by atoms with Gasteiger partial charge < -0.3 is 10.1 Å². The molecule has 0 bridgehead atoms. The predicted octanol–water partition coefficient (Wildman–Crippen LogP) is 2.79. The van der Waals surface area contributed by atoms with Crippen molar-refractivity contribution in [3.63, 3.8) is 0 Å². The smallest absolute Gasteiger partial charge is 0.160 e. The third-order valence-corrected chi connectivity index (χ3v) is 4.28. The molecule has 2 rings (SSSR count). The number of rotatable bonds is 6. The lowest BCUT2D eigenvalue weighted by Gasteiger charge is -2.32. The highest BCUT2D eigenvalue weighted by Gasteiger charge is 2.31. The second-order valence-corrected chi connectivity index (χ2v) is 5.37. The molecule has 0 amide bonds. The summed E-state index contributed by atoms with van der Waals surface area (Å²) in [5.41, 5.74) is 1.31. The van der Waals surface area contributed by atoms with E-state index in [1.807, 2.05) is 6.20 Å². The molecule has 0 spiro atoms. The topological polar surface area (TPSA) is 39.1 Å². The highest BCUT2D eigenvalue weighted by Crippen LogP contribution is 2.41. The molecule has 4 heteroatoms. The molecule has 0 aromatic carbocycles. The minimum atomic E-state index is 0.588. The summed E-state index contributed by atoms with van der Waals surface area (Å²) in [7, 11) is 1.75. The number of hydrogen-bond acceptors (Lipinski definition) is 3. The number of nitrogens with one attached hydrogen (secondary N) is 1. The average molecular weight is 265 g/mol. The summed E-state index contributed by atoms with van der Waals surface area (Å²) < 4.78 is 7.65. The van der Waals surface area contributed by atoms with Crippen molar-refractivity contribution in [2.24, 2.45) is 5.92 Å². The van der Waals surface area contributed by atoms with E-state index < -0.39 is 0 Å². The van der Waals surface area contributed by atoms with Gasteiger partial charge in [-0.15, -0.1) is 0 Å². The Kier molecular flexibility index (Phi) is 5.25. The van der Waals surface area contributed by atoms with Crippen LogP contribution in [0.15, 0.2) is 6.20 Å². The van der Waals surface area contributed by atoms with Crippen LogP contribution in [-0.2, 0) is 6.54 Å². The molecule has 2 atom stereocenters. The van der Waals surface area contributed by atoms with Crippen molar-refractivity contribution in [2.45, 2.75) is 52.0 Å². The van der Waals surface area contributed by atoms with E-state index in [-0.39, 0.29) is 0 Å². The molecule has 1 N–H and O–H groups in total. The van der Waals surface area contributed by atoms with Gasteiger partial charge in [0.2, 0.25) is 0 Å². The molecule has 1 aromatic heterocycles. The van der Waals surface area contributed by atoms with Crippen LogP contribution in [0.3, 0.4) is 0 Å². The fourth-order valence-electron chi connectivity index (χ4n) is 3.30. The number of nitrogens with zero attached hydrogens (tertiary/aromatic N) is 2. The van der Waals surface area contributed by atoms with Gasteiger partial charge in [-0.25, -0.2) is 0 Å². The first-order valence-corrected chi connectivity index (χ1v) is 7.62. The molecule has 1 fully saturated rings. The van der Waals surface area contributed by atoms with E-state index in [9.17, 15) is 0 Å². The van der Waals surface area contributed by atoms with E-state index in [1.165, 1.54) is 31.4 Å². The largest absolute Gasteiger partial charge is 0.493 e. The highest BCUT2D eigenvalue weighted by atomic mass is 16.5. The van der Waals surface area contributed by atoms with E-state index in [4.69, 9.17) is 4.74 Å². The Bertz CT molecular complexity index is 367. The van der Waals surface area contributed by atoms with Gasteiger partial charge >= 0.3 is 0 Å². The van der Waals surface area contributed by atoms with E-state index in [0.29, 0.717) is 11.8 Å². The van der Waals surface area contributed by atoms with Crippen LogP contribution in [-0.4, -0.2) is 30.0 Å². The van der Waals surface area contributed by atoms with Gasteiger partial charge in [-0.1, -0.05) is 19.8 Å². The third-order valence-electron chi connectivity index (χ3n) is 4.28. The molecule has 0 radical (unpaired) electrons. The van der Waals surface area contributed by atoms with Crippen molar-refractivity contribution in [3.8, 4) is 5.75 Å². The van der Waals surface area contributed by atoms with Crippen molar-refractivity contribution in [1.82, 2.24) is 15.1 Å². The Labute approximate surface area is 116 Å². The SMILES string of the molecule is CCNCC1CCCCC1c1c(OC)cnn1CC. The van der Waals surface area contributed by atoms with E-state index in [1.54, 1.807) is 7.11 Å². The monoisotopic (exact) mass is 265 g/mol. The van der Waals surface area contributed by atoms with Crippen LogP contribution in [0, 0.1) is 5.92 Å². The highest BCUT2D eigenvalue weighted by molar-refractivity contribution is 5.29. The fourth-order valence-corrected chi connectivity index (χ4v) is 3.30. The first-order valence-electron chi connectivity index (χ1n) is 7.62. The molecule has 1 aliphatic rings. The molecule has 19 heavy (non-hydrogen) atoms. The lowest BCUT2D eigenvalue weighted by molar-refractivity contribution is 0.277. The van der Waals surface area contributed by atoms with Crippen LogP contribution in [0.1, 0.15) is 51.1 Å². The summed E-state index contributed by atoms with van der Waals surface area (Å²) in [4.78, 5) is 0. The maximum absolute atomic E-state index is 5.53. The minimum Gasteiger partial charge on any atom is -0.493 e. The summed E-state index contributed by atoms with van der Waals surface area (Å²) in [6, 6.07) is 0. The Morgan fingerprint density at radius 3 is 2.84 bits per heavy atom. The molecular formula is C15H27N3O. The Balaban J connectivity index is 2.23. The second-order valence-electron chi connectivity index (χ2n) is 5.37. The summed E-state index contributed by atoms with van der Waals surface area (Å²) in [5, 5.41) is 7.98. The van der Waals surface area contributed by atoms with Crippen molar-refractivity contribution in [3.05, 3.63) is 11.9 Å². The maximum Gasteiger partial charge on any atom is 0.160 e. The van der Waals surface area contributed by atoms with Crippen LogP contribution in [0.4, 0.5) is 0 Å². The molecule has 1 aliphatic carbocycles. The maximum atomic E-state index is 5.53. The zero-order valence-electron chi connectivity index (χ0n) is 12.5. The molecular weight excluding hydrogens is 238 g/mol. The van der Waals surface area contributed by atoms with Gasteiger partial charge in [0.05, 0.1) is 19.0 Å². The van der Waals surface area contributed by atoms with Gasteiger partial charge in [-0.3, -0.25) is 4.68 Å². The summed E-state index contributed by atoms with van der Waals surface area (Å²) in [6.07, 6.45) is 7.13. The minimum absolute atomic E-state index is 0.588. The van der Waals surface area contributed by atoms with Crippen molar-refractivity contribution in [1.29, 1.82) is 0 Å². The molecule has 1 saturated carbocycles. The quantitative estimate of drug-likeness (QED) is 0.859. The number of methoxy groups -OCH3 is 1. The van der Waals surface area contributed by atoms with Gasteiger partial charge in [0.15, 0.2) is 5.75 Å². The zero-order valence-corrected chi connectivity index (χ0v) is 12.5. The lowest BCUT2D eigenvalue weighted by Crippen LogP contribution is -2.30. The molecule has 108 valence electrons. The first-order chi connectivity index (χ1) is 9.31. The van der Waals surface area contributed by atoms with Crippen molar-refractivity contribution in [2.75, 3.05) is 20.2 Å². The van der Waals surface area contributed by atoms with Crippen molar-refractivity contribution >= 4 is 0 Å². The normalized spacial score (nSPS) is 23.5. The fraction of sp³-hybridized carbons (Fsp3) is 0.800. The van der Waals surface area contributed by atoms with E-state index >= 15 is 0 Å². The molecule has 0 saturated heterocycles. The zero-order chi connectivity index (χ0) is 13.7. The predicted molar refractivity (Wildman–Crippen MR) is 77.7 cm³/mol. The van der Waals surface area contributed by atoms with Gasteiger partial charge in [-0.05, 0) is 38.8 Å². The summed E-state index contributed by atoms with van der Waals surface area (Å²) in [6.45, 7) is 7.41. The van der Waals surface area contributed by atoms with Gasteiger partial charge in [0.25, 0.3) is 0 Å². The number of aromatic nitrogens is 2. The lowest BCUT2D eigenvalue weighted by atomic mass is 9.77. The van der Waals surface area contributed by atoms with Crippen LogP contribution in [0.5, 0.6) is 5.75 Å². The van der Waals surface area contributed by atoms with Crippen LogP contribution >= 0.6 is 0 Å². The molecule has 1 aromatic rings. The van der Waals surface area contributed by atoms with E-state index in [2.05, 4.69) is 28.9 Å². The van der Waals surface area contributed by atoms with Crippen LogP contribution in [0.25, 0.3) is 0 Å². The van der Waals surface area contributed by atoms with Gasteiger partial charge in [-0.2, -0.15) is 5.10 Å².